The van der Waals surface area contributed by atoms with E-state index in [4.69, 9.17) is 0 Å². The van der Waals surface area contributed by atoms with Gasteiger partial charge in [-0.3, -0.25) is 10.1 Å². The summed E-state index contributed by atoms with van der Waals surface area (Å²) in [6, 6.07) is 1.21. The molecule has 13 heavy (non-hydrogen) atoms. The van der Waals surface area contributed by atoms with E-state index in [9.17, 15) is 18.9 Å². The normalized spacial score (nSPS) is 9.77. The number of nitrogens with zero attached hydrogens (tertiary/aromatic N) is 1. The van der Waals surface area contributed by atoms with Gasteiger partial charge in [-0.1, -0.05) is 0 Å². The van der Waals surface area contributed by atoms with Crippen LogP contribution in [0, 0.1) is 21.7 Å². The standard InChI is InChI=1S/C6H3BrF2N2O2/c7-10-5-1-3(8)4(9)2-6(5)11(12)13/h1-2,10H. The van der Waals surface area contributed by atoms with Crippen molar-refractivity contribution >= 4 is 27.5 Å². The molecule has 0 radical (unpaired) electrons. The maximum absolute atomic E-state index is 12.6. The Hall–Kier alpha value is -1.24. The SMILES string of the molecule is O=[N+]([O-])c1cc(F)c(F)cc1NBr. The van der Waals surface area contributed by atoms with Crippen LogP contribution in [0.5, 0.6) is 0 Å². The molecule has 0 spiro atoms. The van der Waals surface area contributed by atoms with Crippen molar-refractivity contribution in [1.82, 2.24) is 0 Å². The quantitative estimate of drug-likeness (QED) is 0.500. The van der Waals surface area contributed by atoms with Crippen molar-refractivity contribution in [3.05, 3.63) is 33.9 Å². The van der Waals surface area contributed by atoms with Gasteiger partial charge in [-0.2, -0.15) is 0 Å². The Balaban J connectivity index is 3.33. The van der Waals surface area contributed by atoms with Gasteiger partial charge in [-0.15, -0.1) is 0 Å². The van der Waals surface area contributed by atoms with Crippen molar-refractivity contribution in [2.45, 2.75) is 0 Å². The summed E-state index contributed by atoms with van der Waals surface area (Å²) >= 11 is 2.69. The van der Waals surface area contributed by atoms with E-state index in [1.54, 1.807) is 0 Å². The lowest BCUT2D eigenvalue weighted by atomic mass is 10.2. The van der Waals surface area contributed by atoms with Gasteiger partial charge < -0.3 is 4.34 Å². The van der Waals surface area contributed by atoms with Crippen LogP contribution in [-0.2, 0) is 0 Å². The fraction of sp³-hybridized carbons (Fsp3) is 0. The zero-order valence-corrected chi connectivity index (χ0v) is 7.64. The molecule has 0 aliphatic rings. The van der Waals surface area contributed by atoms with Gasteiger partial charge in [-0.05, 0) is 0 Å². The molecule has 0 aliphatic heterocycles. The summed E-state index contributed by atoms with van der Waals surface area (Å²) < 4.78 is 27.3. The van der Waals surface area contributed by atoms with Gasteiger partial charge in [0.2, 0.25) is 0 Å². The van der Waals surface area contributed by atoms with Crippen LogP contribution in [0.1, 0.15) is 0 Å². The molecule has 0 unspecified atom stereocenters. The molecule has 0 bridgehead atoms. The number of nitro benzene ring substituents is 1. The summed E-state index contributed by atoms with van der Waals surface area (Å²) in [5, 5.41) is 10.3. The highest BCUT2D eigenvalue weighted by Gasteiger charge is 2.17. The van der Waals surface area contributed by atoms with Crippen LogP contribution in [0.15, 0.2) is 12.1 Å². The van der Waals surface area contributed by atoms with Gasteiger partial charge in [0, 0.05) is 22.2 Å². The minimum Gasteiger partial charge on any atom is -0.316 e. The summed E-state index contributed by atoms with van der Waals surface area (Å²) in [7, 11) is 0. The Bertz CT molecular complexity index is 359. The first-order valence-corrected chi connectivity index (χ1v) is 3.85. The molecule has 1 aromatic carbocycles. The largest absolute Gasteiger partial charge is 0.316 e. The van der Waals surface area contributed by atoms with Crippen molar-refractivity contribution in [2.24, 2.45) is 0 Å². The van der Waals surface area contributed by atoms with Gasteiger partial charge in [0.05, 0.1) is 11.0 Å². The van der Waals surface area contributed by atoms with E-state index in [-0.39, 0.29) is 5.69 Å². The summed E-state index contributed by atoms with van der Waals surface area (Å²) in [6.07, 6.45) is 0. The third-order valence-electron chi connectivity index (χ3n) is 1.34. The molecular formula is C6H3BrF2N2O2. The molecule has 1 N–H and O–H groups in total. The van der Waals surface area contributed by atoms with Crippen molar-refractivity contribution in [3.63, 3.8) is 0 Å². The lowest BCUT2D eigenvalue weighted by molar-refractivity contribution is -0.384. The number of hydrogen-bond acceptors (Lipinski definition) is 3. The highest BCUT2D eigenvalue weighted by molar-refractivity contribution is 9.10. The molecule has 4 nitrogen and oxygen atoms in total. The van der Waals surface area contributed by atoms with Crippen LogP contribution in [0.25, 0.3) is 0 Å². The molecule has 0 amide bonds. The summed E-state index contributed by atoms with van der Waals surface area (Å²) in [6.45, 7) is 0. The molecule has 70 valence electrons. The zero-order chi connectivity index (χ0) is 10.0. The number of rotatable bonds is 2. The Kier molecular flexibility index (Phi) is 2.76. The number of benzene rings is 1. The predicted octanol–water partition coefficient (Wildman–Crippen LogP) is 2.59. The lowest BCUT2D eigenvalue weighted by Crippen LogP contribution is -1.96. The van der Waals surface area contributed by atoms with Crippen molar-refractivity contribution < 1.29 is 13.7 Å². The van der Waals surface area contributed by atoms with Crippen LogP contribution >= 0.6 is 16.1 Å². The van der Waals surface area contributed by atoms with Crippen molar-refractivity contribution in [2.75, 3.05) is 4.34 Å². The number of hydrogen-bond donors (Lipinski definition) is 1. The van der Waals surface area contributed by atoms with E-state index in [0.717, 1.165) is 0 Å². The second-order valence-electron chi connectivity index (χ2n) is 2.14. The average Bonchev–Trinajstić information content (AvgIpc) is 2.08. The highest BCUT2D eigenvalue weighted by atomic mass is 79.9. The average molecular weight is 253 g/mol. The molecule has 0 heterocycles. The third-order valence-corrected chi connectivity index (χ3v) is 1.76. The monoisotopic (exact) mass is 252 g/mol. The lowest BCUT2D eigenvalue weighted by Gasteiger charge is -2.00. The zero-order valence-electron chi connectivity index (χ0n) is 6.05. The second kappa shape index (κ2) is 3.65. The van der Waals surface area contributed by atoms with Gasteiger partial charge >= 0.3 is 0 Å². The third kappa shape index (κ3) is 1.92. The van der Waals surface area contributed by atoms with Gasteiger partial charge in [-0.25, -0.2) is 8.78 Å². The maximum atomic E-state index is 12.6. The molecule has 0 aromatic heterocycles. The first-order chi connectivity index (χ1) is 6.06. The van der Waals surface area contributed by atoms with Crippen LogP contribution in [-0.4, -0.2) is 4.92 Å². The smallest absolute Gasteiger partial charge is 0.296 e. The minimum absolute atomic E-state index is 0.135. The highest BCUT2D eigenvalue weighted by Crippen LogP contribution is 2.27. The van der Waals surface area contributed by atoms with Crippen LogP contribution < -0.4 is 4.34 Å². The molecule has 0 saturated heterocycles. The summed E-state index contributed by atoms with van der Waals surface area (Å²) in [5.74, 6) is -2.40. The van der Waals surface area contributed by atoms with E-state index in [1.165, 1.54) is 0 Å². The number of nitro groups is 1. The van der Waals surface area contributed by atoms with E-state index in [0.29, 0.717) is 12.1 Å². The summed E-state index contributed by atoms with van der Waals surface area (Å²) in [4.78, 5) is 9.49. The fourth-order valence-electron chi connectivity index (χ4n) is 0.763. The van der Waals surface area contributed by atoms with E-state index >= 15 is 0 Å². The fourth-order valence-corrected chi connectivity index (χ4v) is 1.08. The summed E-state index contributed by atoms with van der Waals surface area (Å²) in [5.41, 5.74) is -0.667. The maximum Gasteiger partial charge on any atom is 0.296 e. The molecule has 0 aliphatic carbocycles. The Labute approximate surface area is 80.0 Å². The van der Waals surface area contributed by atoms with E-state index < -0.39 is 22.2 Å². The minimum atomic E-state index is -1.25. The Morgan fingerprint density at radius 2 is 1.92 bits per heavy atom. The van der Waals surface area contributed by atoms with Gasteiger partial charge in [0.25, 0.3) is 5.69 Å². The molecule has 0 atom stereocenters. The molecule has 1 rings (SSSR count). The Morgan fingerprint density at radius 3 is 2.38 bits per heavy atom. The second-order valence-corrected chi connectivity index (χ2v) is 2.53. The number of nitrogens with one attached hydrogen (secondary N) is 1. The molecule has 0 fully saturated rings. The van der Waals surface area contributed by atoms with E-state index in [2.05, 4.69) is 20.5 Å². The van der Waals surface area contributed by atoms with Crippen LogP contribution in [0.2, 0.25) is 0 Å². The first-order valence-electron chi connectivity index (χ1n) is 3.06. The Morgan fingerprint density at radius 1 is 1.38 bits per heavy atom. The molecule has 1 aromatic rings. The first kappa shape index (κ1) is 9.85. The molecule has 0 saturated carbocycles. The van der Waals surface area contributed by atoms with Crippen molar-refractivity contribution in [3.8, 4) is 0 Å². The van der Waals surface area contributed by atoms with Crippen molar-refractivity contribution in [1.29, 1.82) is 0 Å². The van der Waals surface area contributed by atoms with Gasteiger partial charge in [0.1, 0.15) is 5.69 Å². The number of anilines is 1. The predicted molar refractivity (Wildman–Crippen MR) is 45.6 cm³/mol. The topological polar surface area (TPSA) is 55.2 Å². The number of halogens is 3. The molecule has 7 heteroatoms. The molecular weight excluding hydrogens is 250 g/mol. The van der Waals surface area contributed by atoms with E-state index in [1.807, 2.05) is 0 Å². The van der Waals surface area contributed by atoms with Crippen LogP contribution in [0.4, 0.5) is 20.2 Å². The van der Waals surface area contributed by atoms with Gasteiger partial charge in [0.15, 0.2) is 11.6 Å². The van der Waals surface area contributed by atoms with Crippen LogP contribution in [0.3, 0.4) is 0 Å².